The summed E-state index contributed by atoms with van der Waals surface area (Å²) in [7, 11) is 0. The van der Waals surface area contributed by atoms with Gasteiger partial charge in [0.1, 0.15) is 0 Å². The van der Waals surface area contributed by atoms with E-state index in [1.807, 2.05) is 6.92 Å². The summed E-state index contributed by atoms with van der Waals surface area (Å²) >= 11 is 0. The van der Waals surface area contributed by atoms with Crippen molar-refractivity contribution in [3.05, 3.63) is 0 Å². The van der Waals surface area contributed by atoms with E-state index in [4.69, 9.17) is 5.11 Å². The van der Waals surface area contributed by atoms with Gasteiger partial charge in [-0.2, -0.15) is 0 Å². The fourth-order valence-electron chi connectivity index (χ4n) is 1.06. The third-order valence-electron chi connectivity index (χ3n) is 2.21. The maximum atomic E-state index is 9.22. The smallest absolute Gasteiger partial charge is 0.0537 e. The third kappa shape index (κ3) is 5.22. The van der Waals surface area contributed by atoms with Crippen LogP contribution in [-0.2, 0) is 0 Å². The average molecular weight is 160 g/mol. The molecule has 2 N–H and O–H groups in total. The van der Waals surface area contributed by atoms with E-state index >= 15 is 0 Å². The first-order chi connectivity index (χ1) is 5.24. The predicted molar refractivity (Wildman–Crippen MR) is 46.4 cm³/mol. The van der Waals surface area contributed by atoms with Crippen LogP contribution in [0.4, 0.5) is 0 Å². The van der Waals surface area contributed by atoms with Gasteiger partial charge in [-0.05, 0) is 25.2 Å². The van der Waals surface area contributed by atoms with E-state index in [0.717, 1.165) is 25.7 Å². The summed E-state index contributed by atoms with van der Waals surface area (Å²) in [5.41, 5.74) is 0. The van der Waals surface area contributed by atoms with Gasteiger partial charge >= 0.3 is 0 Å². The lowest BCUT2D eigenvalue weighted by atomic mass is 9.98. The topological polar surface area (TPSA) is 40.5 Å². The Morgan fingerprint density at radius 3 is 2.09 bits per heavy atom. The van der Waals surface area contributed by atoms with Crippen molar-refractivity contribution in [3.63, 3.8) is 0 Å². The van der Waals surface area contributed by atoms with Crippen LogP contribution in [0.3, 0.4) is 0 Å². The van der Waals surface area contributed by atoms with Gasteiger partial charge in [0.15, 0.2) is 0 Å². The highest BCUT2D eigenvalue weighted by molar-refractivity contribution is 4.59. The minimum Gasteiger partial charge on any atom is -0.396 e. The molecule has 0 bridgehead atoms. The molecule has 2 nitrogen and oxygen atoms in total. The van der Waals surface area contributed by atoms with Crippen molar-refractivity contribution in [2.45, 2.75) is 45.6 Å². The summed E-state index contributed by atoms with van der Waals surface area (Å²) in [4.78, 5) is 0. The SMILES string of the molecule is CCC(O)CCC(CC)CO. The number of rotatable bonds is 6. The summed E-state index contributed by atoms with van der Waals surface area (Å²) in [6.07, 6.45) is 3.43. The van der Waals surface area contributed by atoms with E-state index < -0.39 is 0 Å². The highest BCUT2D eigenvalue weighted by Crippen LogP contribution is 2.12. The van der Waals surface area contributed by atoms with E-state index in [9.17, 15) is 5.11 Å². The number of hydrogen-bond acceptors (Lipinski definition) is 2. The van der Waals surface area contributed by atoms with Crippen molar-refractivity contribution in [2.75, 3.05) is 6.61 Å². The van der Waals surface area contributed by atoms with Crippen molar-refractivity contribution >= 4 is 0 Å². The van der Waals surface area contributed by atoms with E-state index in [1.165, 1.54) is 0 Å². The second-order valence-electron chi connectivity index (χ2n) is 3.10. The highest BCUT2D eigenvalue weighted by atomic mass is 16.3. The second-order valence-corrected chi connectivity index (χ2v) is 3.10. The van der Waals surface area contributed by atoms with Crippen molar-refractivity contribution in [2.24, 2.45) is 5.92 Å². The Kier molecular flexibility index (Phi) is 6.57. The summed E-state index contributed by atoms with van der Waals surface area (Å²) in [5, 5.41) is 18.0. The van der Waals surface area contributed by atoms with Gasteiger partial charge < -0.3 is 10.2 Å². The maximum Gasteiger partial charge on any atom is 0.0537 e. The molecule has 0 aromatic rings. The molecule has 2 atom stereocenters. The Bertz CT molecular complexity index is 79.6. The lowest BCUT2D eigenvalue weighted by molar-refractivity contribution is 0.136. The molecule has 0 fully saturated rings. The molecule has 0 saturated carbocycles. The van der Waals surface area contributed by atoms with Crippen LogP contribution in [0.1, 0.15) is 39.5 Å². The van der Waals surface area contributed by atoms with Crippen LogP contribution in [0.2, 0.25) is 0 Å². The van der Waals surface area contributed by atoms with Crippen molar-refractivity contribution in [3.8, 4) is 0 Å². The molecule has 0 saturated heterocycles. The zero-order chi connectivity index (χ0) is 8.69. The Morgan fingerprint density at radius 2 is 1.73 bits per heavy atom. The summed E-state index contributed by atoms with van der Waals surface area (Å²) in [5.74, 6) is 0.385. The fraction of sp³-hybridized carbons (Fsp3) is 1.00. The van der Waals surface area contributed by atoms with Crippen LogP contribution < -0.4 is 0 Å². The summed E-state index contributed by atoms with van der Waals surface area (Å²) < 4.78 is 0. The zero-order valence-electron chi connectivity index (χ0n) is 7.58. The first-order valence-corrected chi connectivity index (χ1v) is 4.53. The van der Waals surface area contributed by atoms with Gasteiger partial charge in [-0.3, -0.25) is 0 Å². The molecule has 0 heterocycles. The van der Waals surface area contributed by atoms with Crippen LogP contribution >= 0.6 is 0 Å². The minimum atomic E-state index is -0.171. The average Bonchev–Trinajstić information content (AvgIpc) is 2.06. The highest BCUT2D eigenvalue weighted by Gasteiger charge is 2.07. The van der Waals surface area contributed by atoms with Crippen molar-refractivity contribution in [1.29, 1.82) is 0 Å². The molecule has 0 rings (SSSR count). The Morgan fingerprint density at radius 1 is 1.09 bits per heavy atom. The lowest BCUT2D eigenvalue weighted by Crippen LogP contribution is -2.10. The largest absolute Gasteiger partial charge is 0.396 e. The number of hydrogen-bond donors (Lipinski definition) is 2. The molecular weight excluding hydrogens is 140 g/mol. The van der Waals surface area contributed by atoms with Gasteiger partial charge in [0.2, 0.25) is 0 Å². The molecule has 0 aliphatic heterocycles. The van der Waals surface area contributed by atoms with Crippen LogP contribution in [-0.4, -0.2) is 22.9 Å². The predicted octanol–water partition coefficient (Wildman–Crippen LogP) is 1.56. The van der Waals surface area contributed by atoms with Gasteiger partial charge in [0.25, 0.3) is 0 Å². The number of aliphatic hydroxyl groups excluding tert-OH is 2. The second kappa shape index (κ2) is 6.62. The molecule has 0 amide bonds. The van der Waals surface area contributed by atoms with E-state index in [-0.39, 0.29) is 12.7 Å². The Labute approximate surface area is 69.2 Å². The Hall–Kier alpha value is -0.0800. The minimum absolute atomic E-state index is 0.171. The third-order valence-corrected chi connectivity index (χ3v) is 2.21. The van der Waals surface area contributed by atoms with Crippen LogP contribution in [0.15, 0.2) is 0 Å². The lowest BCUT2D eigenvalue weighted by Gasteiger charge is -2.13. The normalized spacial score (nSPS) is 16.4. The van der Waals surface area contributed by atoms with Gasteiger partial charge in [-0.1, -0.05) is 20.3 Å². The van der Waals surface area contributed by atoms with E-state index in [0.29, 0.717) is 5.92 Å². The molecule has 0 aromatic heterocycles. The summed E-state index contributed by atoms with van der Waals surface area (Å²) in [6.45, 7) is 4.30. The molecule has 0 radical (unpaired) electrons. The molecule has 2 heteroatoms. The monoisotopic (exact) mass is 160 g/mol. The van der Waals surface area contributed by atoms with E-state index in [2.05, 4.69) is 6.92 Å². The first kappa shape index (κ1) is 10.9. The zero-order valence-corrected chi connectivity index (χ0v) is 7.58. The molecule has 0 aromatic carbocycles. The Balaban J connectivity index is 3.34. The van der Waals surface area contributed by atoms with Crippen LogP contribution in [0.25, 0.3) is 0 Å². The van der Waals surface area contributed by atoms with Gasteiger partial charge in [-0.15, -0.1) is 0 Å². The molecular formula is C9H20O2. The van der Waals surface area contributed by atoms with Gasteiger partial charge in [-0.25, -0.2) is 0 Å². The van der Waals surface area contributed by atoms with Crippen LogP contribution in [0.5, 0.6) is 0 Å². The molecule has 0 spiro atoms. The van der Waals surface area contributed by atoms with Crippen molar-refractivity contribution < 1.29 is 10.2 Å². The van der Waals surface area contributed by atoms with Gasteiger partial charge in [0.05, 0.1) is 6.10 Å². The molecule has 68 valence electrons. The molecule has 11 heavy (non-hydrogen) atoms. The standard InChI is InChI=1S/C9H20O2/c1-3-8(7-10)5-6-9(11)4-2/h8-11H,3-7H2,1-2H3. The van der Waals surface area contributed by atoms with Crippen molar-refractivity contribution in [1.82, 2.24) is 0 Å². The molecule has 0 aliphatic carbocycles. The fourth-order valence-corrected chi connectivity index (χ4v) is 1.06. The van der Waals surface area contributed by atoms with Crippen LogP contribution in [0, 0.1) is 5.92 Å². The van der Waals surface area contributed by atoms with E-state index in [1.54, 1.807) is 0 Å². The molecule has 2 unspecified atom stereocenters. The summed E-state index contributed by atoms with van der Waals surface area (Å²) in [6, 6.07) is 0. The molecule has 0 aliphatic rings. The maximum absolute atomic E-state index is 9.22. The number of aliphatic hydroxyl groups is 2. The van der Waals surface area contributed by atoms with Gasteiger partial charge in [0, 0.05) is 6.61 Å². The first-order valence-electron chi connectivity index (χ1n) is 4.53. The quantitative estimate of drug-likeness (QED) is 0.619.